The molecule has 3 aromatic rings. The number of anilines is 1. The molecule has 3 rings (SSSR count). The van der Waals surface area contributed by atoms with E-state index in [2.05, 4.69) is 15.3 Å². The minimum Gasteiger partial charge on any atom is -0.321 e. The molecule has 1 amide bonds. The van der Waals surface area contributed by atoms with Crippen molar-refractivity contribution in [2.45, 2.75) is 20.0 Å². The van der Waals surface area contributed by atoms with Crippen LogP contribution in [0.2, 0.25) is 0 Å². The topological polar surface area (TPSA) is 54.9 Å². The predicted molar refractivity (Wildman–Crippen MR) is 96.4 cm³/mol. The van der Waals surface area contributed by atoms with E-state index in [9.17, 15) is 18.0 Å². The number of thiazole rings is 1. The lowest BCUT2D eigenvalue weighted by atomic mass is 10.0. The predicted octanol–water partition coefficient (Wildman–Crippen LogP) is 5.14. The van der Waals surface area contributed by atoms with Gasteiger partial charge in [0.05, 0.1) is 16.9 Å². The Morgan fingerprint density at radius 2 is 2.00 bits per heavy atom. The SMILES string of the molecule is Cc1nc2cc(NC(=O)c3ccc(C=CC(F)(F)F)cc3C)cnc2s1. The summed E-state index contributed by atoms with van der Waals surface area (Å²) in [6.07, 6.45) is -1.69. The summed E-state index contributed by atoms with van der Waals surface area (Å²) in [6, 6.07) is 6.23. The largest absolute Gasteiger partial charge is 0.409 e. The van der Waals surface area contributed by atoms with Gasteiger partial charge in [0.1, 0.15) is 10.3 Å². The Morgan fingerprint density at radius 3 is 2.69 bits per heavy atom. The summed E-state index contributed by atoms with van der Waals surface area (Å²) >= 11 is 1.46. The number of hydrogen-bond donors (Lipinski definition) is 1. The van der Waals surface area contributed by atoms with Crippen LogP contribution in [0.1, 0.15) is 26.5 Å². The number of alkyl halides is 3. The van der Waals surface area contributed by atoms with Gasteiger partial charge in [-0.05, 0) is 37.1 Å². The fraction of sp³-hybridized carbons (Fsp3) is 0.167. The molecule has 0 bridgehead atoms. The van der Waals surface area contributed by atoms with E-state index in [1.807, 2.05) is 6.92 Å². The van der Waals surface area contributed by atoms with Crippen molar-refractivity contribution in [3.8, 4) is 0 Å². The van der Waals surface area contributed by atoms with Crippen molar-refractivity contribution in [2.75, 3.05) is 5.32 Å². The molecule has 0 unspecified atom stereocenters. The number of benzene rings is 1. The summed E-state index contributed by atoms with van der Waals surface area (Å²) in [4.78, 5) is 21.8. The number of amides is 1. The second kappa shape index (κ2) is 6.87. The van der Waals surface area contributed by atoms with E-state index in [1.54, 1.807) is 19.2 Å². The first-order valence-corrected chi connectivity index (χ1v) is 8.44. The zero-order valence-corrected chi connectivity index (χ0v) is 14.7. The third-order valence-electron chi connectivity index (χ3n) is 3.57. The zero-order chi connectivity index (χ0) is 18.9. The van der Waals surface area contributed by atoms with Crippen LogP contribution < -0.4 is 5.32 Å². The van der Waals surface area contributed by atoms with Gasteiger partial charge < -0.3 is 5.32 Å². The lowest BCUT2D eigenvalue weighted by Gasteiger charge is -2.08. The van der Waals surface area contributed by atoms with Gasteiger partial charge in [-0.15, -0.1) is 0 Å². The van der Waals surface area contributed by atoms with Crippen molar-refractivity contribution >= 4 is 39.4 Å². The van der Waals surface area contributed by atoms with E-state index in [1.165, 1.54) is 29.5 Å². The molecule has 0 aliphatic rings. The lowest BCUT2D eigenvalue weighted by molar-refractivity contribution is -0.0790. The molecule has 0 saturated carbocycles. The summed E-state index contributed by atoms with van der Waals surface area (Å²) in [6.45, 7) is 3.55. The first-order valence-electron chi connectivity index (χ1n) is 7.62. The van der Waals surface area contributed by atoms with E-state index in [-0.39, 0.29) is 12.0 Å². The number of aromatic nitrogens is 2. The number of rotatable bonds is 3. The molecule has 0 fully saturated rings. The highest BCUT2D eigenvalue weighted by Crippen LogP contribution is 2.23. The summed E-state index contributed by atoms with van der Waals surface area (Å²) in [5.74, 6) is -0.359. The van der Waals surface area contributed by atoms with Crippen LogP contribution in [-0.2, 0) is 0 Å². The lowest BCUT2D eigenvalue weighted by Crippen LogP contribution is -2.13. The number of halogens is 3. The van der Waals surface area contributed by atoms with Gasteiger partial charge in [0.15, 0.2) is 0 Å². The number of fused-ring (bicyclic) bond motifs is 1. The van der Waals surface area contributed by atoms with Crippen LogP contribution in [0.5, 0.6) is 0 Å². The Labute approximate surface area is 151 Å². The first-order chi connectivity index (χ1) is 12.2. The van der Waals surface area contributed by atoms with Crippen molar-refractivity contribution in [3.63, 3.8) is 0 Å². The first kappa shape index (κ1) is 18.1. The van der Waals surface area contributed by atoms with E-state index < -0.39 is 6.18 Å². The number of hydrogen-bond acceptors (Lipinski definition) is 4. The second-order valence-corrected chi connectivity index (χ2v) is 6.87. The molecular formula is C18H14F3N3OS. The van der Waals surface area contributed by atoms with Crippen LogP contribution in [0.4, 0.5) is 18.9 Å². The molecule has 0 aliphatic carbocycles. The molecule has 134 valence electrons. The maximum Gasteiger partial charge on any atom is 0.409 e. The van der Waals surface area contributed by atoms with Gasteiger partial charge in [-0.25, -0.2) is 9.97 Å². The maximum atomic E-state index is 12.4. The van der Waals surface area contributed by atoms with Crippen LogP contribution in [0.25, 0.3) is 16.4 Å². The molecule has 8 heteroatoms. The fourth-order valence-electron chi connectivity index (χ4n) is 2.43. The van der Waals surface area contributed by atoms with Crippen molar-refractivity contribution in [1.82, 2.24) is 9.97 Å². The van der Waals surface area contributed by atoms with Gasteiger partial charge in [0.2, 0.25) is 0 Å². The molecule has 0 spiro atoms. The third-order valence-corrected chi connectivity index (χ3v) is 4.47. The highest BCUT2D eigenvalue weighted by Gasteiger charge is 2.21. The third kappa shape index (κ3) is 4.26. The van der Waals surface area contributed by atoms with Crippen molar-refractivity contribution in [2.24, 2.45) is 0 Å². The molecule has 0 saturated heterocycles. The number of nitrogens with zero attached hydrogens (tertiary/aromatic N) is 2. The second-order valence-electron chi connectivity index (χ2n) is 5.68. The van der Waals surface area contributed by atoms with Crippen LogP contribution in [-0.4, -0.2) is 22.1 Å². The number of carbonyl (C=O) groups excluding carboxylic acids is 1. The molecule has 2 heterocycles. The summed E-state index contributed by atoms with van der Waals surface area (Å²) in [5.41, 5.74) is 2.54. The molecule has 26 heavy (non-hydrogen) atoms. The Balaban J connectivity index is 1.79. The average Bonchev–Trinajstić information content (AvgIpc) is 2.91. The van der Waals surface area contributed by atoms with E-state index in [0.29, 0.717) is 27.9 Å². The van der Waals surface area contributed by atoms with Crippen molar-refractivity contribution in [1.29, 1.82) is 0 Å². The Bertz CT molecular complexity index is 1010. The Hall–Kier alpha value is -2.74. The van der Waals surface area contributed by atoms with Gasteiger partial charge in [0, 0.05) is 11.6 Å². The van der Waals surface area contributed by atoms with Gasteiger partial charge in [-0.1, -0.05) is 29.5 Å². The van der Waals surface area contributed by atoms with Crippen molar-refractivity contribution in [3.05, 3.63) is 58.2 Å². The highest BCUT2D eigenvalue weighted by atomic mass is 32.1. The van der Waals surface area contributed by atoms with Crippen molar-refractivity contribution < 1.29 is 18.0 Å². The minimum atomic E-state index is -4.37. The average molecular weight is 377 g/mol. The molecule has 0 radical (unpaired) electrons. The Kier molecular flexibility index (Phi) is 4.78. The normalized spacial score (nSPS) is 12.0. The zero-order valence-electron chi connectivity index (χ0n) is 13.9. The quantitative estimate of drug-likeness (QED) is 0.688. The van der Waals surface area contributed by atoms with Crippen LogP contribution in [0.15, 0.2) is 36.5 Å². The molecule has 0 aliphatic heterocycles. The van der Waals surface area contributed by atoms with Crippen LogP contribution in [0, 0.1) is 13.8 Å². The fourth-order valence-corrected chi connectivity index (χ4v) is 3.17. The summed E-state index contributed by atoms with van der Waals surface area (Å²) in [7, 11) is 0. The Morgan fingerprint density at radius 1 is 1.23 bits per heavy atom. The van der Waals surface area contributed by atoms with Gasteiger partial charge >= 0.3 is 6.18 Å². The smallest absolute Gasteiger partial charge is 0.321 e. The van der Waals surface area contributed by atoms with E-state index >= 15 is 0 Å². The molecule has 4 nitrogen and oxygen atoms in total. The number of carbonyl (C=O) groups is 1. The van der Waals surface area contributed by atoms with E-state index in [0.717, 1.165) is 15.9 Å². The highest BCUT2D eigenvalue weighted by molar-refractivity contribution is 7.18. The van der Waals surface area contributed by atoms with E-state index in [4.69, 9.17) is 0 Å². The molecule has 0 atom stereocenters. The number of pyridine rings is 1. The number of allylic oxidation sites excluding steroid dienone is 1. The summed E-state index contributed by atoms with van der Waals surface area (Å²) in [5, 5.41) is 3.62. The van der Waals surface area contributed by atoms with Crippen LogP contribution in [0.3, 0.4) is 0 Å². The van der Waals surface area contributed by atoms with Gasteiger partial charge in [-0.2, -0.15) is 13.2 Å². The molecule has 2 aromatic heterocycles. The molecule has 1 aromatic carbocycles. The standard InChI is InChI=1S/C18H14F3N3OS/c1-10-7-12(5-6-18(19,20)21)3-4-14(10)16(25)24-13-8-15-17(22-9-13)26-11(2)23-15/h3-9H,1-2H3,(H,24,25). The number of aryl methyl sites for hydroxylation is 2. The molecule has 1 N–H and O–H groups in total. The number of nitrogens with one attached hydrogen (secondary N) is 1. The maximum absolute atomic E-state index is 12.4. The van der Waals surface area contributed by atoms with Gasteiger partial charge in [0.25, 0.3) is 5.91 Å². The minimum absolute atomic E-state index is 0.165. The molecular weight excluding hydrogens is 363 g/mol. The summed E-state index contributed by atoms with van der Waals surface area (Å²) < 4.78 is 36.7. The van der Waals surface area contributed by atoms with Gasteiger partial charge in [-0.3, -0.25) is 4.79 Å². The monoisotopic (exact) mass is 377 g/mol. The van der Waals surface area contributed by atoms with Crippen LogP contribution >= 0.6 is 11.3 Å².